The van der Waals surface area contributed by atoms with Crippen molar-refractivity contribution in [2.75, 3.05) is 5.32 Å². The van der Waals surface area contributed by atoms with E-state index in [1.807, 2.05) is 19.2 Å². The molecule has 2 heterocycles. The zero-order chi connectivity index (χ0) is 17.8. The van der Waals surface area contributed by atoms with Gasteiger partial charge in [-0.1, -0.05) is 12.1 Å². The monoisotopic (exact) mass is 339 g/mol. The van der Waals surface area contributed by atoms with Crippen LogP contribution in [-0.2, 0) is 11.8 Å². The molecule has 8 nitrogen and oxygen atoms in total. The van der Waals surface area contributed by atoms with E-state index < -0.39 is 6.04 Å². The molecule has 0 spiro atoms. The first-order valence-electron chi connectivity index (χ1n) is 7.63. The van der Waals surface area contributed by atoms with Crippen LogP contribution in [0.4, 0.5) is 5.69 Å². The molecule has 3 rings (SSSR count). The summed E-state index contributed by atoms with van der Waals surface area (Å²) < 4.78 is 6.64. The highest BCUT2D eigenvalue weighted by molar-refractivity contribution is 6.00. The lowest BCUT2D eigenvalue weighted by atomic mass is 10.2. The number of aryl methyl sites for hydroxylation is 1. The predicted octanol–water partition coefficient (Wildman–Crippen LogP) is 1.83. The molecular weight excluding hydrogens is 322 g/mol. The fourth-order valence-electron chi connectivity index (χ4n) is 2.27. The van der Waals surface area contributed by atoms with E-state index in [0.29, 0.717) is 17.1 Å². The summed E-state index contributed by atoms with van der Waals surface area (Å²) in [4.78, 5) is 24.3. The van der Waals surface area contributed by atoms with Crippen LogP contribution >= 0.6 is 0 Å². The van der Waals surface area contributed by atoms with Crippen molar-refractivity contribution in [1.82, 2.24) is 20.1 Å². The number of carbonyl (C=O) groups excluding carboxylic acids is 2. The van der Waals surface area contributed by atoms with E-state index in [2.05, 4.69) is 20.8 Å². The van der Waals surface area contributed by atoms with E-state index in [4.69, 9.17) is 4.42 Å². The first-order chi connectivity index (χ1) is 12.0. The molecule has 0 saturated heterocycles. The van der Waals surface area contributed by atoms with Crippen LogP contribution in [0.25, 0.3) is 11.4 Å². The van der Waals surface area contributed by atoms with Crippen LogP contribution in [0.1, 0.15) is 17.3 Å². The van der Waals surface area contributed by atoms with E-state index in [-0.39, 0.29) is 11.8 Å². The van der Waals surface area contributed by atoms with E-state index in [1.165, 1.54) is 18.6 Å². The summed E-state index contributed by atoms with van der Waals surface area (Å²) in [5.41, 5.74) is 1.80. The average molecular weight is 339 g/mol. The van der Waals surface area contributed by atoms with Crippen LogP contribution in [0, 0.1) is 0 Å². The third-order valence-electron chi connectivity index (χ3n) is 3.62. The van der Waals surface area contributed by atoms with E-state index in [9.17, 15) is 9.59 Å². The maximum Gasteiger partial charge on any atom is 0.255 e. The van der Waals surface area contributed by atoms with Gasteiger partial charge in [0.25, 0.3) is 5.91 Å². The van der Waals surface area contributed by atoms with Gasteiger partial charge >= 0.3 is 0 Å². The van der Waals surface area contributed by atoms with Gasteiger partial charge in [-0.25, -0.2) is 0 Å². The quantitative estimate of drug-likeness (QED) is 0.738. The average Bonchev–Trinajstić information content (AvgIpc) is 3.26. The SMILES string of the molecule is C[C@H](NC(=O)c1ccoc1)C(=O)Nc1cccc(-c2nncn2C)c1. The van der Waals surface area contributed by atoms with Crippen molar-refractivity contribution in [2.24, 2.45) is 7.05 Å². The van der Waals surface area contributed by atoms with Crippen LogP contribution in [0.3, 0.4) is 0 Å². The Balaban J connectivity index is 1.66. The van der Waals surface area contributed by atoms with Gasteiger partial charge in [-0.15, -0.1) is 10.2 Å². The number of aromatic nitrogens is 3. The summed E-state index contributed by atoms with van der Waals surface area (Å²) in [7, 11) is 1.84. The van der Waals surface area contributed by atoms with Gasteiger partial charge in [0, 0.05) is 18.3 Å². The van der Waals surface area contributed by atoms with Crippen molar-refractivity contribution >= 4 is 17.5 Å². The van der Waals surface area contributed by atoms with Crippen LogP contribution in [0.15, 0.2) is 53.6 Å². The Morgan fingerprint density at radius 2 is 2.12 bits per heavy atom. The van der Waals surface area contributed by atoms with Crippen LogP contribution in [0.5, 0.6) is 0 Å². The second-order valence-electron chi connectivity index (χ2n) is 5.54. The third-order valence-corrected chi connectivity index (χ3v) is 3.62. The van der Waals surface area contributed by atoms with Gasteiger partial charge in [0.05, 0.1) is 11.8 Å². The first kappa shape index (κ1) is 16.4. The summed E-state index contributed by atoms with van der Waals surface area (Å²) in [6, 6.07) is 8.08. The van der Waals surface area contributed by atoms with Crippen molar-refractivity contribution in [3.8, 4) is 11.4 Å². The maximum absolute atomic E-state index is 12.3. The van der Waals surface area contributed by atoms with E-state index in [0.717, 1.165) is 5.56 Å². The van der Waals surface area contributed by atoms with Crippen molar-refractivity contribution in [3.63, 3.8) is 0 Å². The van der Waals surface area contributed by atoms with Gasteiger partial charge < -0.3 is 19.6 Å². The van der Waals surface area contributed by atoms with Crippen LogP contribution in [-0.4, -0.2) is 32.6 Å². The standard InChI is InChI=1S/C17H17N5O3/c1-11(19-17(24)13-6-7-25-9-13)16(23)20-14-5-3-4-12(8-14)15-21-18-10-22(15)2/h3-11H,1-2H3,(H,19,24)(H,20,23)/t11-/m0/s1. The number of hydrogen-bond acceptors (Lipinski definition) is 5. The van der Waals surface area contributed by atoms with Gasteiger partial charge in [-0.05, 0) is 25.1 Å². The van der Waals surface area contributed by atoms with E-state index >= 15 is 0 Å². The highest BCUT2D eigenvalue weighted by Gasteiger charge is 2.17. The minimum absolute atomic E-state index is 0.327. The van der Waals surface area contributed by atoms with Gasteiger partial charge in [-0.2, -0.15) is 0 Å². The lowest BCUT2D eigenvalue weighted by Crippen LogP contribution is -2.41. The minimum atomic E-state index is -0.708. The topological polar surface area (TPSA) is 102 Å². The van der Waals surface area contributed by atoms with E-state index in [1.54, 1.807) is 30.0 Å². The molecular formula is C17H17N5O3. The number of anilines is 1. The molecule has 2 amide bonds. The van der Waals surface area contributed by atoms with Crippen molar-refractivity contribution < 1.29 is 14.0 Å². The Labute approximate surface area is 143 Å². The second kappa shape index (κ2) is 7.00. The third kappa shape index (κ3) is 3.74. The zero-order valence-corrected chi connectivity index (χ0v) is 13.8. The minimum Gasteiger partial charge on any atom is -0.472 e. The highest BCUT2D eigenvalue weighted by atomic mass is 16.3. The highest BCUT2D eigenvalue weighted by Crippen LogP contribution is 2.20. The van der Waals surface area contributed by atoms with Gasteiger partial charge in [0.2, 0.25) is 5.91 Å². The number of benzene rings is 1. The molecule has 0 aliphatic carbocycles. The molecule has 128 valence electrons. The molecule has 0 saturated carbocycles. The number of rotatable bonds is 5. The molecule has 0 aliphatic heterocycles. The first-order valence-corrected chi connectivity index (χ1v) is 7.63. The van der Waals surface area contributed by atoms with Gasteiger partial charge in [0.1, 0.15) is 18.6 Å². The molecule has 0 fully saturated rings. The Bertz CT molecular complexity index is 885. The lowest BCUT2D eigenvalue weighted by molar-refractivity contribution is -0.117. The molecule has 0 bridgehead atoms. The van der Waals surface area contributed by atoms with Crippen molar-refractivity contribution in [3.05, 3.63) is 54.7 Å². The Hall–Kier alpha value is -3.42. The molecule has 8 heteroatoms. The second-order valence-corrected chi connectivity index (χ2v) is 5.54. The fraction of sp³-hybridized carbons (Fsp3) is 0.176. The van der Waals surface area contributed by atoms with Gasteiger partial charge in [-0.3, -0.25) is 9.59 Å². The lowest BCUT2D eigenvalue weighted by Gasteiger charge is -2.14. The molecule has 2 N–H and O–H groups in total. The molecule has 1 aromatic carbocycles. The fourth-order valence-corrected chi connectivity index (χ4v) is 2.27. The summed E-state index contributed by atoms with van der Waals surface area (Å²) in [5, 5.41) is 13.3. The molecule has 3 aromatic rings. The Morgan fingerprint density at radius 3 is 2.80 bits per heavy atom. The largest absolute Gasteiger partial charge is 0.472 e. The summed E-state index contributed by atoms with van der Waals surface area (Å²) in [6.45, 7) is 1.61. The number of nitrogens with zero attached hydrogens (tertiary/aromatic N) is 3. The molecule has 2 aromatic heterocycles. The zero-order valence-electron chi connectivity index (χ0n) is 13.8. The van der Waals surface area contributed by atoms with Crippen molar-refractivity contribution in [1.29, 1.82) is 0 Å². The number of furan rings is 1. The number of carbonyl (C=O) groups is 2. The molecule has 0 radical (unpaired) electrons. The summed E-state index contributed by atoms with van der Waals surface area (Å²) in [6.07, 6.45) is 4.33. The molecule has 0 aliphatic rings. The number of hydrogen-bond donors (Lipinski definition) is 2. The Morgan fingerprint density at radius 1 is 1.28 bits per heavy atom. The number of nitrogens with one attached hydrogen (secondary N) is 2. The molecule has 0 unspecified atom stereocenters. The maximum atomic E-state index is 12.3. The van der Waals surface area contributed by atoms with Crippen LogP contribution in [0.2, 0.25) is 0 Å². The number of amides is 2. The predicted molar refractivity (Wildman–Crippen MR) is 90.7 cm³/mol. The smallest absolute Gasteiger partial charge is 0.255 e. The normalized spacial score (nSPS) is 11.8. The van der Waals surface area contributed by atoms with Crippen LogP contribution < -0.4 is 10.6 Å². The van der Waals surface area contributed by atoms with Gasteiger partial charge in [0.15, 0.2) is 5.82 Å². The Kier molecular flexibility index (Phi) is 4.60. The molecule has 25 heavy (non-hydrogen) atoms. The molecule has 1 atom stereocenters. The summed E-state index contributed by atoms with van der Waals surface area (Å²) in [5.74, 6) is -0.00592. The summed E-state index contributed by atoms with van der Waals surface area (Å²) >= 11 is 0. The van der Waals surface area contributed by atoms with Crippen molar-refractivity contribution in [2.45, 2.75) is 13.0 Å².